The molecule has 0 N–H and O–H groups in total. The number of likely N-dealkylation sites (N-methyl/N-ethyl adjacent to an activating group) is 1. The molecule has 0 aliphatic carbocycles. The second kappa shape index (κ2) is 4.83. The summed E-state index contributed by atoms with van der Waals surface area (Å²) in [5.41, 5.74) is 1.82. The quantitative estimate of drug-likeness (QED) is 0.756. The standard InChI is InChI=1S/C13H19FN2/c1-3-11-4-5-12(10-13(11)14)16-8-6-15(2)7-9-16/h4-5,10H,3,6-9H2,1-2H3. The fourth-order valence-electron chi connectivity index (χ4n) is 2.08. The SMILES string of the molecule is CCc1ccc(N2CCN(C)CC2)cc1F. The van der Waals surface area contributed by atoms with Gasteiger partial charge in [-0.3, -0.25) is 0 Å². The van der Waals surface area contributed by atoms with Crippen molar-refractivity contribution < 1.29 is 4.39 Å². The first kappa shape index (κ1) is 11.4. The van der Waals surface area contributed by atoms with E-state index < -0.39 is 0 Å². The Hall–Kier alpha value is -1.09. The molecule has 1 aliphatic heterocycles. The number of halogens is 1. The molecule has 0 radical (unpaired) electrons. The molecule has 1 aliphatic rings. The van der Waals surface area contributed by atoms with E-state index in [9.17, 15) is 4.39 Å². The van der Waals surface area contributed by atoms with E-state index in [2.05, 4.69) is 16.8 Å². The van der Waals surface area contributed by atoms with Crippen LogP contribution in [-0.4, -0.2) is 38.1 Å². The van der Waals surface area contributed by atoms with Crippen LogP contribution in [0.15, 0.2) is 18.2 Å². The van der Waals surface area contributed by atoms with E-state index >= 15 is 0 Å². The van der Waals surface area contributed by atoms with Gasteiger partial charge in [-0.15, -0.1) is 0 Å². The smallest absolute Gasteiger partial charge is 0.128 e. The van der Waals surface area contributed by atoms with E-state index in [-0.39, 0.29) is 5.82 Å². The molecule has 2 nitrogen and oxygen atoms in total. The van der Waals surface area contributed by atoms with Gasteiger partial charge in [-0.25, -0.2) is 4.39 Å². The molecule has 0 saturated carbocycles. The third-order valence-corrected chi connectivity index (χ3v) is 3.29. The van der Waals surface area contributed by atoms with Gasteiger partial charge in [-0.1, -0.05) is 13.0 Å². The number of hydrogen-bond acceptors (Lipinski definition) is 2. The molecule has 1 saturated heterocycles. The van der Waals surface area contributed by atoms with Gasteiger partial charge in [-0.2, -0.15) is 0 Å². The highest BCUT2D eigenvalue weighted by Gasteiger charge is 2.15. The van der Waals surface area contributed by atoms with E-state index in [4.69, 9.17) is 0 Å². The Balaban J connectivity index is 2.12. The van der Waals surface area contributed by atoms with Crippen molar-refractivity contribution in [2.45, 2.75) is 13.3 Å². The summed E-state index contributed by atoms with van der Waals surface area (Å²) in [6, 6.07) is 5.61. The molecule has 0 unspecified atom stereocenters. The van der Waals surface area contributed by atoms with E-state index in [1.807, 2.05) is 19.1 Å². The van der Waals surface area contributed by atoms with Gasteiger partial charge in [0.25, 0.3) is 0 Å². The summed E-state index contributed by atoms with van der Waals surface area (Å²) in [6.07, 6.45) is 0.759. The molecule has 0 spiro atoms. The lowest BCUT2D eigenvalue weighted by molar-refractivity contribution is 0.312. The third-order valence-electron chi connectivity index (χ3n) is 3.29. The molecule has 1 heterocycles. The Kier molecular flexibility index (Phi) is 3.44. The summed E-state index contributed by atoms with van der Waals surface area (Å²) < 4.78 is 13.6. The van der Waals surface area contributed by atoms with Gasteiger partial charge < -0.3 is 9.80 Å². The van der Waals surface area contributed by atoms with Gasteiger partial charge in [0.15, 0.2) is 0 Å². The van der Waals surface area contributed by atoms with Crippen molar-refractivity contribution in [1.29, 1.82) is 0 Å². The van der Waals surface area contributed by atoms with Crippen LogP contribution in [0, 0.1) is 5.82 Å². The van der Waals surface area contributed by atoms with Crippen molar-refractivity contribution in [1.82, 2.24) is 4.90 Å². The Morgan fingerprint density at radius 1 is 1.19 bits per heavy atom. The maximum Gasteiger partial charge on any atom is 0.128 e. The topological polar surface area (TPSA) is 6.48 Å². The lowest BCUT2D eigenvalue weighted by Crippen LogP contribution is -2.44. The second-order valence-electron chi connectivity index (χ2n) is 4.42. The second-order valence-corrected chi connectivity index (χ2v) is 4.42. The normalized spacial score (nSPS) is 17.8. The van der Waals surface area contributed by atoms with Crippen molar-refractivity contribution in [2.75, 3.05) is 38.1 Å². The number of piperazine rings is 1. The molecule has 88 valence electrons. The summed E-state index contributed by atoms with van der Waals surface area (Å²) in [7, 11) is 2.12. The predicted octanol–water partition coefficient (Wildman–Crippen LogP) is 2.14. The number of aryl methyl sites for hydroxylation is 1. The molecule has 0 aromatic heterocycles. The van der Waals surface area contributed by atoms with E-state index in [0.29, 0.717) is 0 Å². The average Bonchev–Trinajstić information content (AvgIpc) is 2.30. The maximum absolute atomic E-state index is 13.6. The fraction of sp³-hybridized carbons (Fsp3) is 0.538. The number of rotatable bonds is 2. The van der Waals surface area contributed by atoms with Gasteiger partial charge in [-0.05, 0) is 31.2 Å². The molecule has 2 rings (SSSR count). The first-order valence-electron chi connectivity index (χ1n) is 5.92. The Bertz CT molecular complexity index is 357. The van der Waals surface area contributed by atoms with Crippen LogP contribution in [-0.2, 0) is 6.42 Å². The van der Waals surface area contributed by atoms with Crippen LogP contribution in [0.2, 0.25) is 0 Å². The van der Waals surface area contributed by atoms with Crippen molar-refractivity contribution in [3.63, 3.8) is 0 Å². The molecule has 1 fully saturated rings. The Morgan fingerprint density at radius 2 is 1.88 bits per heavy atom. The first-order chi connectivity index (χ1) is 7.70. The molecule has 0 amide bonds. The molecule has 16 heavy (non-hydrogen) atoms. The maximum atomic E-state index is 13.6. The van der Waals surface area contributed by atoms with E-state index in [1.165, 1.54) is 0 Å². The highest BCUT2D eigenvalue weighted by atomic mass is 19.1. The first-order valence-corrected chi connectivity index (χ1v) is 5.92. The number of hydrogen-bond donors (Lipinski definition) is 0. The summed E-state index contributed by atoms with van der Waals surface area (Å²) in [6.45, 7) is 6.06. The van der Waals surface area contributed by atoms with E-state index in [0.717, 1.165) is 43.9 Å². The van der Waals surface area contributed by atoms with Crippen molar-refractivity contribution >= 4 is 5.69 Å². The minimum Gasteiger partial charge on any atom is -0.369 e. The van der Waals surface area contributed by atoms with Gasteiger partial charge in [0.1, 0.15) is 5.82 Å². The predicted molar refractivity (Wildman–Crippen MR) is 65.5 cm³/mol. The van der Waals surface area contributed by atoms with Crippen molar-refractivity contribution in [3.05, 3.63) is 29.6 Å². The Morgan fingerprint density at radius 3 is 2.44 bits per heavy atom. The molecule has 3 heteroatoms. The van der Waals surface area contributed by atoms with Crippen molar-refractivity contribution in [2.24, 2.45) is 0 Å². The molecule has 1 aromatic rings. The van der Waals surface area contributed by atoms with Gasteiger partial charge >= 0.3 is 0 Å². The lowest BCUT2D eigenvalue weighted by Gasteiger charge is -2.34. The largest absolute Gasteiger partial charge is 0.369 e. The average molecular weight is 222 g/mol. The molecular weight excluding hydrogens is 203 g/mol. The number of anilines is 1. The monoisotopic (exact) mass is 222 g/mol. The van der Waals surface area contributed by atoms with Gasteiger partial charge in [0, 0.05) is 31.9 Å². The zero-order chi connectivity index (χ0) is 11.5. The Labute approximate surface area is 96.7 Å². The van der Waals surface area contributed by atoms with Crippen LogP contribution in [0.25, 0.3) is 0 Å². The van der Waals surface area contributed by atoms with Crippen LogP contribution in [0.1, 0.15) is 12.5 Å². The van der Waals surface area contributed by atoms with Crippen LogP contribution < -0.4 is 4.90 Å². The van der Waals surface area contributed by atoms with Gasteiger partial charge in [0.2, 0.25) is 0 Å². The molecule has 1 aromatic carbocycles. The summed E-state index contributed by atoms with van der Waals surface area (Å²) >= 11 is 0. The molecule has 0 atom stereocenters. The van der Waals surface area contributed by atoms with Crippen LogP contribution in [0.3, 0.4) is 0 Å². The summed E-state index contributed by atoms with van der Waals surface area (Å²) in [5.74, 6) is -0.0704. The van der Waals surface area contributed by atoms with E-state index in [1.54, 1.807) is 6.07 Å². The molecule has 0 bridgehead atoms. The van der Waals surface area contributed by atoms with Crippen LogP contribution >= 0.6 is 0 Å². The van der Waals surface area contributed by atoms with Crippen molar-refractivity contribution in [3.8, 4) is 0 Å². The zero-order valence-corrected chi connectivity index (χ0v) is 10.0. The third kappa shape index (κ3) is 2.35. The number of nitrogens with zero attached hydrogens (tertiary/aromatic N) is 2. The zero-order valence-electron chi connectivity index (χ0n) is 10.0. The minimum absolute atomic E-state index is 0.0704. The van der Waals surface area contributed by atoms with Gasteiger partial charge in [0.05, 0.1) is 0 Å². The highest BCUT2D eigenvalue weighted by Crippen LogP contribution is 2.20. The van der Waals surface area contributed by atoms with Crippen LogP contribution in [0.4, 0.5) is 10.1 Å². The minimum atomic E-state index is -0.0704. The van der Waals surface area contributed by atoms with Crippen LogP contribution in [0.5, 0.6) is 0 Å². The summed E-state index contributed by atoms with van der Waals surface area (Å²) in [4.78, 5) is 4.55. The number of benzene rings is 1. The fourth-order valence-corrected chi connectivity index (χ4v) is 2.08. The highest BCUT2D eigenvalue weighted by molar-refractivity contribution is 5.48. The lowest BCUT2D eigenvalue weighted by atomic mass is 10.1. The molecular formula is C13H19FN2. The summed E-state index contributed by atoms with van der Waals surface area (Å²) in [5, 5.41) is 0.